The molecule has 2 aromatic carbocycles. The zero-order valence-electron chi connectivity index (χ0n) is 12.8. The van der Waals surface area contributed by atoms with Gasteiger partial charge >= 0.3 is 0 Å². The summed E-state index contributed by atoms with van der Waals surface area (Å²) in [7, 11) is 0. The summed E-state index contributed by atoms with van der Waals surface area (Å²) in [6.45, 7) is 4.59. The lowest BCUT2D eigenvalue weighted by molar-refractivity contribution is 0.217. The zero-order chi connectivity index (χ0) is 16.8. The van der Waals surface area contributed by atoms with Crippen molar-refractivity contribution in [3.8, 4) is 11.5 Å². The Kier molecular flexibility index (Phi) is 6.13. The Balaban J connectivity index is 1.93. The first kappa shape index (κ1) is 17.4. The molecule has 1 N–H and O–H groups in total. The van der Waals surface area contributed by atoms with Gasteiger partial charge in [-0.1, -0.05) is 28.4 Å². The summed E-state index contributed by atoms with van der Waals surface area (Å²) in [6.07, 6.45) is 1.27. The van der Waals surface area contributed by atoms with Crippen LogP contribution in [0.15, 0.2) is 35.5 Å². The molecule has 2 aromatic rings. The molecule has 0 aromatic heterocycles. The van der Waals surface area contributed by atoms with E-state index in [4.69, 9.17) is 37.9 Å². The van der Waals surface area contributed by atoms with Crippen LogP contribution in [0.2, 0.25) is 10.0 Å². The van der Waals surface area contributed by atoms with Gasteiger partial charge in [-0.3, -0.25) is 0 Å². The molecule has 0 aliphatic carbocycles. The maximum Gasteiger partial charge on any atom is 0.128 e. The third kappa shape index (κ3) is 4.78. The van der Waals surface area contributed by atoms with E-state index >= 15 is 0 Å². The molecule has 0 aliphatic heterocycles. The van der Waals surface area contributed by atoms with E-state index in [0.717, 1.165) is 21.9 Å². The first-order valence-electron chi connectivity index (χ1n) is 7.00. The standard InChI is InChI=1S/C17H17Cl2NO3/c1-11-7-15(8-12(2)17(11)19)22-5-6-23-16-4-3-14(18)9-13(16)10-20-21/h3-4,7-10,21H,5-6H2,1-2H3. The van der Waals surface area contributed by atoms with Gasteiger partial charge in [0.15, 0.2) is 0 Å². The van der Waals surface area contributed by atoms with Gasteiger partial charge in [0.05, 0.1) is 6.21 Å². The lowest BCUT2D eigenvalue weighted by Crippen LogP contribution is -2.10. The normalized spacial score (nSPS) is 11.0. The number of ether oxygens (including phenoxy) is 2. The highest BCUT2D eigenvalue weighted by Gasteiger charge is 2.05. The van der Waals surface area contributed by atoms with Crippen LogP contribution in [0.3, 0.4) is 0 Å². The lowest BCUT2D eigenvalue weighted by atomic mass is 10.1. The number of halogens is 2. The van der Waals surface area contributed by atoms with Crippen molar-refractivity contribution in [2.45, 2.75) is 13.8 Å². The summed E-state index contributed by atoms with van der Waals surface area (Å²) in [6, 6.07) is 8.86. The Morgan fingerprint density at radius 2 is 1.70 bits per heavy atom. The fourth-order valence-corrected chi connectivity index (χ4v) is 2.40. The summed E-state index contributed by atoms with van der Waals surface area (Å²) < 4.78 is 11.3. The number of hydrogen-bond donors (Lipinski definition) is 1. The second kappa shape index (κ2) is 8.09. The van der Waals surface area contributed by atoms with E-state index in [2.05, 4.69) is 5.16 Å². The molecular weight excluding hydrogens is 337 g/mol. The molecular formula is C17H17Cl2NO3. The Labute approximate surface area is 145 Å². The van der Waals surface area contributed by atoms with E-state index in [1.165, 1.54) is 6.21 Å². The average Bonchev–Trinajstić information content (AvgIpc) is 2.51. The summed E-state index contributed by atoms with van der Waals surface area (Å²) in [4.78, 5) is 0. The fraction of sp³-hybridized carbons (Fsp3) is 0.235. The minimum Gasteiger partial charge on any atom is -0.490 e. The van der Waals surface area contributed by atoms with E-state index in [-0.39, 0.29) is 0 Å². The summed E-state index contributed by atoms with van der Waals surface area (Å²) in [5.74, 6) is 1.32. The molecule has 23 heavy (non-hydrogen) atoms. The molecule has 0 bridgehead atoms. The molecule has 0 radical (unpaired) electrons. The van der Waals surface area contributed by atoms with Crippen molar-refractivity contribution in [2.24, 2.45) is 5.16 Å². The van der Waals surface area contributed by atoms with Gasteiger partial charge in [-0.25, -0.2) is 0 Å². The first-order chi connectivity index (χ1) is 11.0. The van der Waals surface area contributed by atoms with Crippen LogP contribution in [0.25, 0.3) is 0 Å². The number of benzene rings is 2. The molecule has 4 nitrogen and oxygen atoms in total. The smallest absolute Gasteiger partial charge is 0.128 e. The molecule has 0 saturated heterocycles. The van der Waals surface area contributed by atoms with E-state index in [1.807, 2.05) is 26.0 Å². The minimum atomic E-state index is 0.342. The minimum absolute atomic E-state index is 0.342. The third-order valence-electron chi connectivity index (χ3n) is 3.19. The SMILES string of the molecule is Cc1cc(OCCOc2ccc(Cl)cc2C=NO)cc(C)c1Cl. The van der Waals surface area contributed by atoms with Crippen molar-refractivity contribution in [1.29, 1.82) is 0 Å². The van der Waals surface area contributed by atoms with Crippen molar-refractivity contribution in [2.75, 3.05) is 13.2 Å². The number of rotatable bonds is 6. The molecule has 0 fully saturated rings. The molecule has 0 unspecified atom stereocenters. The topological polar surface area (TPSA) is 51.0 Å². The van der Waals surface area contributed by atoms with Crippen LogP contribution in [-0.2, 0) is 0 Å². The van der Waals surface area contributed by atoms with Gasteiger partial charge in [0.2, 0.25) is 0 Å². The Hall–Kier alpha value is -1.91. The van der Waals surface area contributed by atoms with Crippen molar-refractivity contribution < 1.29 is 14.7 Å². The largest absolute Gasteiger partial charge is 0.490 e. The summed E-state index contributed by atoms with van der Waals surface area (Å²) >= 11 is 12.0. The van der Waals surface area contributed by atoms with Crippen molar-refractivity contribution in [1.82, 2.24) is 0 Å². The lowest BCUT2D eigenvalue weighted by Gasteiger charge is -2.12. The monoisotopic (exact) mass is 353 g/mol. The summed E-state index contributed by atoms with van der Waals surface area (Å²) in [5, 5.41) is 13.0. The van der Waals surface area contributed by atoms with Gasteiger partial charge in [0.1, 0.15) is 24.7 Å². The van der Waals surface area contributed by atoms with E-state index < -0.39 is 0 Å². The van der Waals surface area contributed by atoms with Gasteiger partial charge in [-0.05, 0) is 55.3 Å². The number of oxime groups is 1. The highest BCUT2D eigenvalue weighted by Crippen LogP contribution is 2.26. The first-order valence-corrected chi connectivity index (χ1v) is 7.76. The van der Waals surface area contributed by atoms with E-state index in [1.54, 1.807) is 18.2 Å². The molecule has 6 heteroatoms. The average molecular weight is 354 g/mol. The van der Waals surface area contributed by atoms with Crippen molar-refractivity contribution in [3.63, 3.8) is 0 Å². The van der Waals surface area contributed by atoms with Crippen LogP contribution in [0.5, 0.6) is 11.5 Å². The Bertz CT molecular complexity index is 694. The van der Waals surface area contributed by atoms with Crippen molar-refractivity contribution >= 4 is 29.4 Å². The van der Waals surface area contributed by atoms with Gasteiger partial charge in [-0.2, -0.15) is 0 Å². The molecule has 0 heterocycles. The number of aryl methyl sites for hydroxylation is 2. The maximum atomic E-state index is 8.66. The molecule has 122 valence electrons. The number of hydrogen-bond acceptors (Lipinski definition) is 4. The van der Waals surface area contributed by atoms with Gasteiger partial charge in [0, 0.05) is 15.6 Å². The molecule has 0 saturated carbocycles. The maximum absolute atomic E-state index is 8.66. The van der Waals surface area contributed by atoms with Crippen LogP contribution in [0, 0.1) is 13.8 Å². The van der Waals surface area contributed by atoms with Crippen LogP contribution >= 0.6 is 23.2 Å². The molecule has 0 amide bonds. The predicted octanol–water partition coefficient (Wildman–Crippen LogP) is 4.88. The molecule has 0 atom stereocenters. The number of nitrogens with zero attached hydrogens (tertiary/aromatic N) is 1. The Morgan fingerprint density at radius 3 is 2.35 bits per heavy atom. The van der Waals surface area contributed by atoms with Crippen LogP contribution < -0.4 is 9.47 Å². The highest BCUT2D eigenvalue weighted by atomic mass is 35.5. The van der Waals surface area contributed by atoms with E-state index in [9.17, 15) is 0 Å². The van der Waals surface area contributed by atoms with Crippen molar-refractivity contribution in [3.05, 3.63) is 57.1 Å². The van der Waals surface area contributed by atoms with Gasteiger partial charge in [0.25, 0.3) is 0 Å². The second-order valence-electron chi connectivity index (χ2n) is 4.99. The highest BCUT2D eigenvalue weighted by molar-refractivity contribution is 6.32. The van der Waals surface area contributed by atoms with E-state index in [0.29, 0.717) is 29.5 Å². The van der Waals surface area contributed by atoms with Gasteiger partial charge in [-0.15, -0.1) is 0 Å². The molecule has 2 rings (SSSR count). The van der Waals surface area contributed by atoms with Gasteiger partial charge < -0.3 is 14.7 Å². The fourth-order valence-electron chi connectivity index (χ4n) is 2.11. The molecule has 0 spiro atoms. The molecule has 0 aliphatic rings. The second-order valence-corrected chi connectivity index (χ2v) is 5.81. The van der Waals surface area contributed by atoms with Crippen LogP contribution in [0.1, 0.15) is 16.7 Å². The quantitative estimate of drug-likeness (QED) is 0.348. The zero-order valence-corrected chi connectivity index (χ0v) is 14.4. The summed E-state index contributed by atoms with van der Waals surface area (Å²) in [5.41, 5.74) is 2.54. The van der Waals surface area contributed by atoms with Crippen LogP contribution in [0.4, 0.5) is 0 Å². The Morgan fingerprint density at radius 1 is 1.04 bits per heavy atom. The third-order valence-corrected chi connectivity index (χ3v) is 4.02. The predicted molar refractivity (Wildman–Crippen MR) is 92.7 cm³/mol. The van der Waals surface area contributed by atoms with Crippen LogP contribution in [-0.4, -0.2) is 24.6 Å².